The second-order valence-electron chi connectivity index (χ2n) is 7.33. The van der Waals surface area contributed by atoms with Crippen molar-refractivity contribution in [2.45, 2.75) is 103 Å². The Morgan fingerprint density at radius 3 is 1.48 bits per heavy atom. The summed E-state index contributed by atoms with van der Waals surface area (Å²) < 4.78 is 0. The van der Waals surface area contributed by atoms with Gasteiger partial charge in [0.15, 0.2) is 0 Å². The van der Waals surface area contributed by atoms with E-state index in [-0.39, 0.29) is 5.92 Å². The van der Waals surface area contributed by atoms with Gasteiger partial charge in [0.1, 0.15) is 0 Å². The number of carbonyl (C=O) groups is 1. The SMILES string of the molecule is O=C(O)C1CCCCCCCCCCCCCCCCCNC1. The lowest BCUT2D eigenvalue weighted by atomic mass is 9.99. The topological polar surface area (TPSA) is 49.3 Å². The fraction of sp³-hybridized carbons (Fsp3) is 0.950. The molecule has 3 heteroatoms. The number of hydrogen-bond acceptors (Lipinski definition) is 2. The lowest BCUT2D eigenvalue weighted by Crippen LogP contribution is -2.29. The molecule has 1 saturated heterocycles. The predicted octanol–water partition coefficient (Wildman–Crippen LogP) is 5.53. The van der Waals surface area contributed by atoms with E-state index in [1.54, 1.807) is 0 Å². The summed E-state index contributed by atoms with van der Waals surface area (Å²) in [6, 6.07) is 0. The molecule has 23 heavy (non-hydrogen) atoms. The van der Waals surface area contributed by atoms with Gasteiger partial charge in [0.2, 0.25) is 0 Å². The van der Waals surface area contributed by atoms with Crippen LogP contribution >= 0.6 is 0 Å². The maximum atomic E-state index is 11.3. The molecule has 1 rings (SSSR count). The highest BCUT2D eigenvalue weighted by Crippen LogP contribution is 2.15. The highest BCUT2D eigenvalue weighted by atomic mass is 16.4. The van der Waals surface area contributed by atoms with E-state index in [0.29, 0.717) is 6.54 Å². The lowest BCUT2D eigenvalue weighted by Gasteiger charge is -2.13. The van der Waals surface area contributed by atoms with Crippen molar-refractivity contribution in [2.24, 2.45) is 5.92 Å². The molecule has 1 aliphatic rings. The summed E-state index contributed by atoms with van der Waals surface area (Å²) in [6.45, 7) is 1.62. The Labute approximate surface area is 143 Å². The average Bonchev–Trinajstić information content (AvgIpc) is 2.53. The summed E-state index contributed by atoms with van der Waals surface area (Å²) in [5.74, 6) is -0.819. The zero-order valence-electron chi connectivity index (χ0n) is 15.2. The van der Waals surface area contributed by atoms with Gasteiger partial charge in [-0.25, -0.2) is 0 Å². The Morgan fingerprint density at radius 2 is 1.04 bits per heavy atom. The third-order valence-corrected chi connectivity index (χ3v) is 5.15. The zero-order chi connectivity index (χ0) is 16.6. The van der Waals surface area contributed by atoms with Crippen LogP contribution in [0.3, 0.4) is 0 Å². The number of carboxylic acids is 1. The second kappa shape index (κ2) is 15.0. The summed E-state index contributed by atoms with van der Waals surface area (Å²) in [7, 11) is 0. The largest absolute Gasteiger partial charge is 0.481 e. The maximum absolute atomic E-state index is 11.3. The predicted molar refractivity (Wildman–Crippen MR) is 97.9 cm³/mol. The molecule has 1 fully saturated rings. The molecule has 0 bridgehead atoms. The molecule has 136 valence electrons. The third kappa shape index (κ3) is 12.5. The van der Waals surface area contributed by atoms with Gasteiger partial charge >= 0.3 is 5.97 Å². The summed E-state index contributed by atoms with van der Waals surface area (Å²) in [4.78, 5) is 11.3. The van der Waals surface area contributed by atoms with Crippen LogP contribution in [0.5, 0.6) is 0 Å². The molecule has 1 atom stereocenters. The minimum Gasteiger partial charge on any atom is -0.481 e. The van der Waals surface area contributed by atoms with Gasteiger partial charge in [-0.2, -0.15) is 0 Å². The summed E-state index contributed by atoms with van der Waals surface area (Å²) in [5, 5.41) is 12.7. The van der Waals surface area contributed by atoms with Gasteiger partial charge in [-0.05, 0) is 19.4 Å². The average molecular weight is 326 g/mol. The Morgan fingerprint density at radius 1 is 0.652 bits per heavy atom. The Hall–Kier alpha value is -0.570. The monoisotopic (exact) mass is 325 g/mol. The molecule has 1 unspecified atom stereocenters. The van der Waals surface area contributed by atoms with Gasteiger partial charge in [-0.15, -0.1) is 0 Å². The van der Waals surface area contributed by atoms with Crippen LogP contribution in [-0.2, 0) is 4.79 Å². The molecule has 0 saturated carbocycles. The van der Waals surface area contributed by atoms with E-state index in [1.807, 2.05) is 0 Å². The first-order chi connectivity index (χ1) is 11.3. The Kier molecular flexibility index (Phi) is 13.3. The van der Waals surface area contributed by atoms with Gasteiger partial charge in [0, 0.05) is 6.54 Å². The zero-order valence-corrected chi connectivity index (χ0v) is 15.2. The first-order valence-corrected chi connectivity index (χ1v) is 10.2. The number of hydrogen-bond donors (Lipinski definition) is 2. The van der Waals surface area contributed by atoms with E-state index in [2.05, 4.69) is 5.32 Å². The number of nitrogens with one attached hydrogen (secondary N) is 1. The summed E-state index contributed by atoms with van der Waals surface area (Å²) >= 11 is 0. The van der Waals surface area contributed by atoms with Crippen molar-refractivity contribution in [1.82, 2.24) is 5.32 Å². The molecule has 3 nitrogen and oxygen atoms in total. The Balaban J connectivity index is 2.22. The lowest BCUT2D eigenvalue weighted by molar-refractivity contribution is -0.141. The molecule has 1 heterocycles. The van der Waals surface area contributed by atoms with Gasteiger partial charge in [-0.3, -0.25) is 4.79 Å². The molecule has 0 amide bonds. The normalized spacial score (nSPS) is 25.5. The fourth-order valence-electron chi connectivity index (χ4n) is 3.53. The standard InChI is InChI=1S/C20H39NO2/c22-20(23)19-16-14-12-10-8-6-4-2-1-3-5-7-9-11-13-15-17-21-18-19/h19,21H,1-18H2,(H,22,23). The minimum atomic E-state index is -0.625. The molecule has 0 radical (unpaired) electrons. The quantitative estimate of drug-likeness (QED) is 0.666. The van der Waals surface area contributed by atoms with Gasteiger partial charge < -0.3 is 10.4 Å². The number of carboxylic acid groups (broad SMARTS) is 1. The third-order valence-electron chi connectivity index (χ3n) is 5.15. The molecule has 0 aromatic rings. The van der Waals surface area contributed by atoms with E-state index in [9.17, 15) is 9.90 Å². The molecule has 2 N–H and O–H groups in total. The summed E-state index contributed by atoms with van der Waals surface area (Å²) in [5.41, 5.74) is 0. The van der Waals surface area contributed by atoms with Crippen LogP contribution in [0.15, 0.2) is 0 Å². The van der Waals surface area contributed by atoms with Crippen LogP contribution < -0.4 is 5.32 Å². The second-order valence-corrected chi connectivity index (χ2v) is 7.33. The molecule has 0 aromatic carbocycles. The van der Waals surface area contributed by atoms with E-state index in [4.69, 9.17) is 0 Å². The maximum Gasteiger partial charge on any atom is 0.307 e. The number of rotatable bonds is 1. The smallest absolute Gasteiger partial charge is 0.307 e. The molecular weight excluding hydrogens is 286 g/mol. The highest BCUT2D eigenvalue weighted by molar-refractivity contribution is 5.70. The van der Waals surface area contributed by atoms with Crippen LogP contribution in [0.2, 0.25) is 0 Å². The van der Waals surface area contributed by atoms with Crippen molar-refractivity contribution in [3.8, 4) is 0 Å². The molecule has 0 aromatic heterocycles. The first kappa shape index (κ1) is 20.5. The minimum absolute atomic E-state index is 0.194. The van der Waals surface area contributed by atoms with Crippen molar-refractivity contribution in [1.29, 1.82) is 0 Å². The van der Waals surface area contributed by atoms with E-state index in [0.717, 1.165) is 19.4 Å². The van der Waals surface area contributed by atoms with Gasteiger partial charge in [0.05, 0.1) is 5.92 Å². The van der Waals surface area contributed by atoms with Crippen molar-refractivity contribution >= 4 is 5.97 Å². The van der Waals surface area contributed by atoms with E-state index >= 15 is 0 Å². The molecule has 0 spiro atoms. The van der Waals surface area contributed by atoms with Crippen LogP contribution in [0, 0.1) is 5.92 Å². The molecular formula is C20H39NO2. The first-order valence-electron chi connectivity index (χ1n) is 10.2. The van der Waals surface area contributed by atoms with Crippen molar-refractivity contribution in [3.63, 3.8) is 0 Å². The van der Waals surface area contributed by atoms with Gasteiger partial charge in [-0.1, -0.05) is 89.9 Å². The van der Waals surface area contributed by atoms with Crippen molar-refractivity contribution < 1.29 is 9.90 Å². The summed E-state index contributed by atoms with van der Waals surface area (Å²) in [6.07, 6.45) is 20.7. The van der Waals surface area contributed by atoms with Crippen LogP contribution in [0.25, 0.3) is 0 Å². The Bertz CT molecular complexity index is 261. The van der Waals surface area contributed by atoms with Crippen LogP contribution in [-0.4, -0.2) is 24.2 Å². The number of aliphatic carboxylic acids is 1. The van der Waals surface area contributed by atoms with Crippen molar-refractivity contribution in [3.05, 3.63) is 0 Å². The highest BCUT2D eigenvalue weighted by Gasteiger charge is 2.16. The van der Waals surface area contributed by atoms with Crippen LogP contribution in [0.4, 0.5) is 0 Å². The van der Waals surface area contributed by atoms with Crippen molar-refractivity contribution in [2.75, 3.05) is 13.1 Å². The van der Waals surface area contributed by atoms with E-state index < -0.39 is 5.97 Å². The molecule has 0 aliphatic carbocycles. The van der Waals surface area contributed by atoms with E-state index in [1.165, 1.54) is 89.9 Å². The fourth-order valence-corrected chi connectivity index (χ4v) is 3.53. The van der Waals surface area contributed by atoms with Crippen LogP contribution in [0.1, 0.15) is 103 Å². The van der Waals surface area contributed by atoms with Gasteiger partial charge in [0.25, 0.3) is 0 Å². The molecule has 1 aliphatic heterocycles.